The van der Waals surface area contributed by atoms with Crippen LogP contribution in [0.3, 0.4) is 0 Å². The minimum absolute atomic E-state index is 0.257. The first-order valence-corrected chi connectivity index (χ1v) is 10.2. The van der Waals surface area contributed by atoms with E-state index in [1.807, 2.05) is 24.3 Å². The summed E-state index contributed by atoms with van der Waals surface area (Å²) in [5.41, 5.74) is 8.75. The molecule has 0 fully saturated rings. The van der Waals surface area contributed by atoms with Crippen LogP contribution in [-0.4, -0.2) is 70.4 Å². The zero-order valence-corrected chi connectivity index (χ0v) is 17.4. The maximum atomic E-state index is 12.2. The molecule has 154 valence electrons. The second kappa shape index (κ2) is 13.5. The maximum Gasteiger partial charge on any atom is 0.338 e. The highest BCUT2D eigenvalue weighted by Gasteiger charge is 2.16. The average Bonchev–Trinajstić information content (AvgIpc) is 2.65. The number of hydrogen-bond acceptors (Lipinski definition) is 4. The second-order valence-corrected chi connectivity index (χ2v) is 7.58. The standard InChI is InChI=1S/C21H38N4O2/c1-4-5-15-24-20-10-8-19(9-11-20)21(26)27-18-17-25(2,3)16-7-14-23-13-6-12-22/h8-11,22-24H,4-7,12-18H2,1-3H3. The molecule has 0 aliphatic heterocycles. The monoisotopic (exact) mass is 378 g/mol. The van der Waals surface area contributed by atoms with E-state index < -0.39 is 0 Å². The van der Waals surface area contributed by atoms with E-state index in [4.69, 9.17) is 10.5 Å². The molecule has 0 saturated carbocycles. The smallest absolute Gasteiger partial charge is 0.338 e. The number of rotatable bonds is 15. The molecule has 0 unspecified atom stereocenters. The first kappa shape index (κ1) is 23.4. The lowest BCUT2D eigenvalue weighted by molar-refractivity contribution is -0.890. The molecule has 1 aromatic rings. The lowest BCUT2D eigenvalue weighted by Gasteiger charge is -2.29. The Morgan fingerprint density at radius 3 is 2.41 bits per heavy atom. The third-order valence-corrected chi connectivity index (χ3v) is 4.56. The summed E-state index contributed by atoms with van der Waals surface area (Å²) in [4.78, 5) is 12.2. The fourth-order valence-corrected chi connectivity index (χ4v) is 2.68. The number of quaternary nitrogens is 1. The van der Waals surface area contributed by atoms with Gasteiger partial charge in [0.15, 0.2) is 0 Å². The number of ether oxygens (including phenoxy) is 1. The van der Waals surface area contributed by atoms with Gasteiger partial charge < -0.3 is 25.6 Å². The van der Waals surface area contributed by atoms with Crippen LogP contribution in [0.2, 0.25) is 0 Å². The molecule has 0 aliphatic rings. The van der Waals surface area contributed by atoms with Gasteiger partial charge in [0.2, 0.25) is 0 Å². The van der Waals surface area contributed by atoms with Gasteiger partial charge in [-0.2, -0.15) is 0 Å². The molecule has 1 aromatic carbocycles. The maximum absolute atomic E-state index is 12.2. The summed E-state index contributed by atoms with van der Waals surface area (Å²) in [5.74, 6) is -0.257. The first-order chi connectivity index (χ1) is 13.0. The quantitative estimate of drug-likeness (QED) is 0.278. The predicted molar refractivity (Wildman–Crippen MR) is 113 cm³/mol. The molecular weight excluding hydrogens is 340 g/mol. The van der Waals surface area contributed by atoms with Crippen molar-refractivity contribution in [1.29, 1.82) is 0 Å². The van der Waals surface area contributed by atoms with Gasteiger partial charge in [0.05, 0.1) is 26.2 Å². The van der Waals surface area contributed by atoms with E-state index in [9.17, 15) is 4.79 Å². The van der Waals surface area contributed by atoms with E-state index in [0.717, 1.165) is 68.6 Å². The van der Waals surface area contributed by atoms with Gasteiger partial charge in [-0.05, 0) is 37.2 Å². The van der Waals surface area contributed by atoms with Crippen molar-refractivity contribution in [2.24, 2.45) is 0 Å². The Bertz CT molecular complexity index is 517. The Morgan fingerprint density at radius 1 is 1.04 bits per heavy atom. The minimum atomic E-state index is -0.257. The molecule has 0 radical (unpaired) electrons. The zero-order valence-electron chi connectivity index (χ0n) is 17.4. The van der Waals surface area contributed by atoms with Crippen molar-refractivity contribution in [3.8, 4) is 0 Å². The van der Waals surface area contributed by atoms with E-state index in [0.29, 0.717) is 18.7 Å². The van der Waals surface area contributed by atoms with Crippen LogP contribution in [0, 0.1) is 0 Å². The summed E-state index contributed by atoms with van der Waals surface area (Å²) in [7, 11) is 4.32. The molecule has 27 heavy (non-hydrogen) atoms. The summed E-state index contributed by atoms with van der Waals surface area (Å²) in [5, 5.41) is 6.70. The molecule has 0 saturated heterocycles. The molecule has 1 rings (SSSR count). The number of nitrogens with one attached hydrogen (secondary N) is 3. The number of carbonyl (C=O) groups is 1. The second-order valence-electron chi connectivity index (χ2n) is 7.58. The number of unbranched alkanes of at least 4 members (excludes halogenated alkanes) is 1. The van der Waals surface area contributed by atoms with E-state index in [2.05, 4.69) is 31.7 Å². The third kappa shape index (κ3) is 11.0. The van der Waals surface area contributed by atoms with Crippen LogP contribution in [-0.2, 0) is 4.74 Å². The molecule has 0 atom stereocenters. The normalized spacial score (nSPS) is 11.4. The Kier molecular flexibility index (Phi) is 11.7. The zero-order chi connectivity index (χ0) is 20.0. The largest absolute Gasteiger partial charge is 0.677 e. The fraction of sp³-hybridized carbons (Fsp3) is 0.667. The van der Waals surface area contributed by atoms with Gasteiger partial charge in [-0.15, -0.1) is 6.54 Å². The highest BCUT2D eigenvalue weighted by atomic mass is 16.5. The molecule has 0 aliphatic carbocycles. The summed E-state index contributed by atoms with van der Waals surface area (Å²) >= 11 is 0. The van der Waals surface area contributed by atoms with Gasteiger partial charge in [0, 0.05) is 25.2 Å². The van der Waals surface area contributed by atoms with E-state index in [1.165, 1.54) is 0 Å². The third-order valence-electron chi connectivity index (χ3n) is 4.56. The van der Waals surface area contributed by atoms with Crippen molar-refractivity contribution in [2.75, 3.05) is 65.3 Å². The topological polar surface area (TPSA) is 74.2 Å². The van der Waals surface area contributed by atoms with E-state index in [1.54, 1.807) is 0 Å². The van der Waals surface area contributed by atoms with Crippen molar-refractivity contribution in [1.82, 2.24) is 5.32 Å². The van der Waals surface area contributed by atoms with E-state index >= 15 is 0 Å². The summed E-state index contributed by atoms with van der Waals surface area (Å²) in [6.07, 6.45) is 4.28. The van der Waals surface area contributed by atoms with Gasteiger partial charge >= 0.3 is 5.97 Å². The van der Waals surface area contributed by atoms with Gasteiger partial charge in [0.25, 0.3) is 0 Å². The van der Waals surface area contributed by atoms with E-state index in [-0.39, 0.29) is 5.97 Å². The van der Waals surface area contributed by atoms with Crippen molar-refractivity contribution >= 4 is 11.7 Å². The lowest BCUT2D eigenvalue weighted by atomic mass is 10.2. The average molecular weight is 379 g/mol. The van der Waals surface area contributed by atoms with Gasteiger partial charge in [0.1, 0.15) is 13.2 Å². The number of likely N-dealkylation sites (N-methyl/N-ethyl adjacent to an activating group) is 1. The Hall–Kier alpha value is -1.63. The number of hydrogen-bond donors (Lipinski definition) is 2. The minimum Gasteiger partial charge on any atom is -0.677 e. The number of benzene rings is 1. The number of nitrogens with zero attached hydrogens (tertiary/aromatic N) is 1. The Balaban J connectivity index is 2.24. The predicted octanol–water partition coefficient (Wildman–Crippen LogP) is 3.55. The number of anilines is 1. The first-order valence-electron chi connectivity index (χ1n) is 10.2. The molecule has 3 N–H and O–H groups in total. The van der Waals surface area contributed by atoms with Crippen LogP contribution >= 0.6 is 0 Å². The summed E-state index contributed by atoms with van der Waals surface area (Å²) in [6, 6.07) is 7.50. The van der Waals surface area contributed by atoms with Crippen molar-refractivity contribution in [2.45, 2.75) is 32.6 Å². The number of carbonyl (C=O) groups excluding carboxylic acids is 1. The van der Waals surface area contributed by atoms with Gasteiger partial charge in [-0.25, -0.2) is 4.79 Å². The van der Waals surface area contributed by atoms with Crippen LogP contribution in [0.1, 0.15) is 43.0 Å². The number of esters is 1. The molecule has 6 heteroatoms. The van der Waals surface area contributed by atoms with Crippen LogP contribution in [0.15, 0.2) is 24.3 Å². The van der Waals surface area contributed by atoms with Gasteiger partial charge in [-0.3, -0.25) is 0 Å². The molecule has 0 spiro atoms. The summed E-state index contributed by atoms with van der Waals surface area (Å²) < 4.78 is 6.28. The Labute approximate surface area is 165 Å². The molecule has 0 amide bonds. The van der Waals surface area contributed by atoms with Crippen LogP contribution in [0.25, 0.3) is 5.73 Å². The fourth-order valence-electron chi connectivity index (χ4n) is 2.68. The van der Waals surface area contributed by atoms with Crippen molar-refractivity contribution in [3.05, 3.63) is 35.6 Å². The summed E-state index contributed by atoms with van der Waals surface area (Å²) in [6.45, 7) is 7.75. The van der Waals surface area contributed by atoms with Crippen molar-refractivity contribution in [3.63, 3.8) is 0 Å². The molecule has 0 heterocycles. The molecule has 0 aromatic heterocycles. The van der Waals surface area contributed by atoms with Crippen molar-refractivity contribution < 1.29 is 14.0 Å². The molecule has 0 bridgehead atoms. The molecule has 6 nitrogen and oxygen atoms in total. The highest BCUT2D eigenvalue weighted by Crippen LogP contribution is 2.11. The van der Waals surface area contributed by atoms with Crippen LogP contribution < -0.4 is 10.6 Å². The lowest BCUT2D eigenvalue weighted by Crippen LogP contribution is -2.44. The highest BCUT2D eigenvalue weighted by molar-refractivity contribution is 5.89. The van der Waals surface area contributed by atoms with Crippen LogP contribution in [0.4, 0.5) is 5.69 Å². The van der Waals surface area contributed by atoms with Gasteiger partial charge in [-0.1, -0.05) is 19.8 Å². The Morgan fingerprint density at radius 2 is 1.74 bits per heavy atom. The SMILES string of the molecule is CCCCNc1ccc(C(=O)OCC[N+](C)(C)CCCNCCC[NH-])cc1. The molecular formula is C21H38N4O2. The van der Waals surface area contributed by atoms with Crippen LogP contribution in [0.5, 0.6) is 0 Å².